The average molecular weight is 382 g/mol. The zero-order valence-corrected chi connectivity index (χ0v) is 12.7. The van der Waals surface area contributed by atoms with E-state index in [4.69, 9.17) is 0 Å². The van der Waals surface area contributed by atoms with Crippen LogP contribution < -0.4 is 0 Å². The number of aryl methyl sites for hydroxylation is 1. The van der Waals surface area contributed by atoms with Gasteiger partial charge in [0.05, 0.1) is 0 Å². The third-order valence-corrected chi connectivity index (χ3v) is 2.90. The summed E-state index contributed by atoms with van der Waals surface area (Å²) < 4.78 is 1.06. The van der Waals surface area contributed by atoms with Crippen molar-refractivity contribution in [2.75, 3.05) is 0 Å². The largest absolute Gasteiger partial charge is 0.305 e. The van der Waals surface area contributed by atoms with Gasteiger partial charge in [0, 0.05) is 26.6 Å². The molecule has 1 aromatic heterocycles. The second kappa shape index (κ2) is 7.06. The van der Waals surface area contributed by atoms with Crippen LogP contribution in [0.5, 0.6) is 0 Å². The number of hydrogen-bond donors (Lipinski definition) is 0. The van der Waals surface area contributed by atoms with Gasteiger partial charge in [0.1, 0.15) is 0 Å². The van der Waals surface area contributed by atoms with Crippen molar-refractivity contribution in [3.63, 3.8) is 0 Å². The molecule has 0 amide bonds. The van der Waals surface area contributed by atoms with Crippen LogP contribution in [0.4, 0.5) is 0 Å². The maximum absolute atomic E-state index is 4.38. The fourth-order valence-electron chi connectivity index (χ4n) is 1.65. The van der Waals surface area contributed by atoms with Crippen LogP contribution in [0.25, 0.3) is 11.3 Å². The van der Waals surface area contributed by atoms with Crippen molar-refractivity contribution in [3.05, 3.63) is 52.6 Å². The Balaban J connectivity index is 0.00000144. The third kappa shape index (κ3) is 4.03. The van der Waals surface area contributed by atoms with E-state index in [0.29, 0.717) is 0 Å². The fraction of sp³-hybridized carbons (Fsp3) is 0.214. The molecule has 0 atom stereocenters. The molecule has 0 bridgehead atoms. The Bertz CT molecular complexity index is 485. The Morgan fingerprint density at radius 3 is 2.82 bits per heavy atom. The van der Waals surface area contributed by atoms with E-state index in [1.165, 1.54) is 5.56 Å². The molecule has 0 aliphatic carbocycles. The SMILES string of the molecule is CCCc1ccnc(-c2[c-]ccc(Br)c2)c1.[Pd]. The van der Waals surface area contributed by atoms with Gasteiger partial charge in [-0.25, -0.2) is 0 Å². The van der Waals surface area contributed by atoms with Gasteiger partial charge >= 0.3 is 0 Å². The van der Waals surface area contributed by atoms with Crippen molar-refractivity contribution in [2.24, 2.45) is 0 Å². The Morgan fingerprint density at radius 2 is 2.12 bits per heavy atom. The van der Waals surface area contributed by atoms with Crippen LogP contribution in [0.15, 0.2) is 41.0 Å². The summed E-state index contributed by atoms with van der Waals surface area (Å²) in [5.41, 5.74) is 3.36. The van der Waals surface area contributed by atoms with Gasteiger partial charge in [-0.3, -0.25) is 0 Å². The van der Waals surface area contributed by atoms with Gasteiger partial charge in [0.15, 0.2) is 0 Å². The maximum Gasteiger partial charge on any atom is 0.0163 e. The molecule has 1 heterocycles. The molecule has 2 rings (SSSR count). The van der Waals surface area contributed by atoms with E-state index in [1.54, 1.807) is 0 Å². The molecule has 1 aromatic carbocycles. The zero-order chi connectivity index (χ0) is 11.4. The predicted octanol–water partition coefficient (Wildman–Crippen LogP) is 4.26. The summed E-state index contributed by atoms with van der Waals surface area (Å²) in [5, 5.41) is 0. The van der Waals surface area contributed by atoms with Gasteiger partial charge in [-0.05, 0) is 18.2 Å². The molecule has 0 saturated carbocycles. The molecule has 0 unspecified atom stereocenters. The summed E-state index contributed by atoms with van der Waals surface area (Å²) in [4.78, 5) is 4.38. The number of hydrogen-bond acceptors (Lipinski definition) is 1. The maximum atomic E-state index is 4.38. The number of pyridine rings is 1. The first-order valence-corrected chi connectivity index (χ1v) is 6.21. The molecule has 1 nitrogen and oxygen atoms in total. The van der Waals surface area contributed by atoms with E-state index in [0.717, 1.165) is 28.6 Å². The summed E-state index contributed by atoms with van der Waals surface area (Å²) in [5.74, 6) is 0. The molecule has 0 fully saturated rings. The monoisotopic (exact) mass is 380 g/mol. The smallest absolute Gasteiger partial charge is 0.0163 e. The van der Waals surface area contributed by atoms with Crippen LogP contribution in [-0.2, 0) is 26.8 Å². The van der Waals surface area contributed by atoms with Crippen LogP contribution in [0.1, 0.15) is 18.9 Å². The molecule has 0 spiro atoms. The van der Waals surface area contributed by atoms with Crippen molar-refractivity contribution < 1.29 is 20.4 Å². The molecule has 0 radical (unpaired) electrons. The molecule has 2 aromatic rings. The Kier molecular flexibility index (Phi) is 6.05. The first kappa shape index (κ1) is 14.6. The first-order valence-electron chi connectivity index (χ1n) is 5.42. The van der Waals surface area contributed by atoms with E-state index in [1.807, 2.05) is 24.4 Å². The zero-order valence-electron chi connectivity index (χ0n) is 9.52. The minimum absolute atomic E-state index is 0. The number of benzene rings is 1. The minimum Gasteiger partial charge on any atom is -0.305 e. The third-order valence-electron chi connectivity index (χ3n) is 2.40. The minimum atomic E-state index is 0. The van der Waals surface area contributed by atoms with Crippen LogP contribution >= 0.6 is 15.9 Å². The number of halogens is 1. The predicted molar refractivity (Wildman–Crippen MR) is 70.2 cm³/mol. The molecule has 0 aliphatic heterocycles. The van der Waals surface area contributed by atoms with E-state index >= 15 is 0 Å². The molecule has 3 heteroatoms. The van der Waals surface area contributed by atoms with Gasteiger partial charge in [0.2, 0.25) is 0 Å². The topological polar surface area (TPSA) is 12.9 Å². The standard InChI is InChI=1S/C14H13BrN.Pd/c1-2-4-11-7-8-16-14(9-11)12-5-3-6-13(15)10-12;/h3,6-10H,2,4H2,1H3;/q-1;. The van der Waals surface area contributed by atoms with Gasteiger partial charge in [-0.15, -0.1) is 29.8 Å². The van der Waals surface area contributed by atoms with E-state index < -0.39 is 0 Å². The first-order chi connectivity index (χ1) is 7.79. The normalized spacial score (nSPS) is 9.76. The summed E-state index contributed by atoms with van der Waals surface area (Å²) >= 11 is 3.46. The van der Waals surface area contributed by atoms with Crippen LogP contribution in [0, 0.1) is 6.07 Å². The molecule has 0 aliphatic rings. The van der Waals surface area contributed by atoms with Gasteiger partial charge < -0.3 is 4.98 Å². The second-order valence-corrected chi connectivity index (χ2v) is 4.64. The summed E-state index contributed by atoms with van der Waals surface area (Å²) in [6.07, 6.45) is 4.13. The fourth-order valence-corrected chi connectivity index (χ4v) is 2.01. The van der Waals surface area contributed by atoms with E-state index in [9.17, 15) is 0 Å². The van der Waals surface area contributed by atoms with Gasteiger partial charge in [-0.2, -0.15) is 0 Å². The van der Waals surface area contributed by atoms with Gasteiger partial charge in [-0.1, -0.05) is 45.4 Å². The average Bonchev–Trinajstić information content (AvgIpc) is 2.30. The van der Waals surface area contributed by atoms with Crippen molar-refractivity contribution in [3.8, 4) is 11.3 Å². The van der Waals surface area contributed by atoms with Crippen molar-refractivity contribution in [2.45, 2.75) is 19.8 Å². The van der Waals surface area contributed by atoms with Gasteiger partial charge in [0.25, 0.3) is 0 Å². The van der Waals surface area contributed by atoms with Crippen LogP contribution in [0.3, 0.4) is 0 Å². The Labute approximate surface area is 124 Å². The molecule has 92 valence electrons. The van der Waals surface area contributed by atoms with Crippen LogP contribution in [-0.4, -0.2) is 4.98 Å². The molecule has 17 heavy (non-hydrogen) atoms. The van der Waals surface area contributed by atoms with E-state index in [2.05, 4.69) is 46.0 Å². The van der Waals surface area contributed by atoms with Crippen molar-refractivity contribution in [1.82, 2.24) is 4.98 Å². The Hall–Kier alpha value is -0.488. The van der Waals surface area contributed by atoms with Crippen molar-refractivity contribution in [1.29, 1.82) is 0 Å². The summed E-state index contributed by atoms with van der Waals surface area (Å²) in [7, 11) is 0. The van der Waals surface area contributed by atoms with Crippen molar-refractivity contribution >= 4 is 15.9 Å². The molecule has 0 saturated heterocycles. The molecular weight excluding hydrogens is 368 g/mol. The quantitative estimate of drug-likeness (QED) is 0.572. The number of aromatic nitrogens is 1. The second-order valence-electron chi connectivity index (χ2n) is 3.72. The Morgan fingerprint density at radius 1 is 1.29 bits per heavy atom. The van der Waals surface area contributed by atoms with Crippen LogP contribution in [0.2, 0.25) is 0 Å². The number of nitrogens with zero attached hydrogens (tertiary/aromatic N) is 1. The van der Waals surface area contributed by atoms with E-state index in [-0.39, 0.29) is 20.4 Å². The molecule has 0 N–H and O–H groups in total. The number of rotatable bonds is 3. The summed E-state index contributed by atoms with van der Waals surface area (Å²) in [6.45, 7) is 2.19. The molecular formula is C14H13BrNPd-. The summed E-state index contributed by atoms with van der Waals surface area (Å²) in [6, 6.07) is 13.3.